The Balaban J connectivity index is 2.05. The highest BCUT2D eigenvalue weighted by molar-refractivity contribution is 5.95. The van der Waals surface area contributed by atoms with Crippen LogP contribution in [0.15, 0.2) is 42.6 Å². The highest BCUT2D eigenvalue weighted by Gasteiger charge is 2.22. The molecule has 0 radical (unpaired) electrons. The van der Waals surface area contributed by atoms with E-state index in [1.807, 2.05) is 18.2 Å². The fraction of sp³-hybridized carbons (Fsp3) is 0.250. The third-order valence-electron chi connectivity index (χ3n) is 3.67. The molecular weight excluding hydrogens is 250 g/mol. The molecular formula is C16H17N3O. The van der Waals surface area contributed by atoms with Crippen molar-refractivity contribution in [1.29, 1.82) is 0 Å². The summed E-state index contributed by atoms with van der Waals surface area (Å²) >= 11 is 0. The minimum Gasteiger partial charge on any atom is -0.371 e. The van der Waals surface area contributed by atoms with Gasteiger partial charge in [-0.05, 0) is 31.2 Å². The number of fused-ring (bicyclic) bond motifs is 1. The van der Waals surface area contributed by atoms with Crippen LogP contribution in [0.5, 0.6) is 0 Å². The van der Waals surface area contributed by atoms with E-state index in [4.69, 9.17) is 0 Å². The lowest BCUT2D eigenvalue weighted by atomic mass is 10.1. The number of hydrogen-bond donors (Lipinski definition) is 0. The average molecular weight is 267 g/mol. The van der Waals surface area contributed by atoms with Gasteiger partial charge in [0.2, 0.25) is 0 Å². The van der Waals surface area contributed by atoms with Crippen LogP contribution in [-0.2, 0) is 0 Å². The van der Waals surface area contributed by atoms with Gasteiger partial charge in [-0.2, -0.15) is 0 Å². The van der Waals surface area contributed by atoms with E-state index in [2.05, 4.69) is 34.0 Å². The maximum atomic E-state index is 11.5. The van der Waals surface area contributed by atoms with E-state index < -0.39 is 0 Å². The minimum atomic E-state index is 0.0658. The number of pyridine rings is 1. The first-order valence-electron chi connectivity index (χ1n) is 6.71. The summed E-state index contributed by atoms with van der Waals surface area (Å²) in [7, 11) is 2.09. The maximum absolute atomic E-state index is 11.5. The fourth-order valence-electron chi connectivity index (χ4n) is 2.53. The second kappa shape index (κ2) is 4.96. The first kappa shape index (κ1) is 12.7. The lowest BCUT2D eigenvalue weighted by Crippen LogP contribution is -2.36. The number of benzene rings is 1. The number of ketones is 1. The third kappa shape index (κ3) is 2.13. The zero-order chi connectivity index (χ0) is 14.1. The Labute approximate surface area is 118 Å². The lowest BCUT2D eigenvalue weighted by molar-refractivity contribution is 0.101. The molecule has 0 unspecified atom stereocenters. The summed E-state index contributed by atoms with van der Waals surface area (Å²) in [6, 6.07) is 11.9. The topological polar surface area (TPSA) is 36.4 Å². The van der Waals surface area contributed by atoms with Gasteiger partial charge < -0.3 is 9.80 Å². The number of rotatable bonds is 2. The molecule has 2 aromatic rings. The molecule has 1 aliphatic heterocycles. The summed E-state index contributed by atoms with van der Waals surface area (Å²) in [5, 5.41) is 0. The monoisotopic (exact) mass is 267 g/mol. The lowest BCUT2D eigenvalue weighted by Gasteiger charge is -2.36. The number of para-hydroxylation sites is 2. The summed E-state index contributed by atoms with van der Waals surface area (Å²) in [6.45, 7) is 3.38. The van der Waals surface area contributed by atoms with E-state index in [9.17, 15) is 4.79 Å². The van der Waals surface area contributed by atoms with Gasteiger partial charge in [0.25, 0.3) is 0 Å². The minimum absolute atomic E-state index is 0.0658. The number of nitrogens with zero attached hydrogens (tertiary/aromatic N) is 3. The second-order valence-corrected chi connectivity index (χ2v) is 5.02. The molecule has 0 atom stereocenters. The van der Waals surface area contributed by atoms with Crippen LogP contribution in [-0.4, -0.2) is 30.9 Å². The molecule has 4 heteroatoms. The van der Waals surface area contributed by atoms with Gasteiger partial charge in [0.05, 0.1) is 11.4 Å². The molecule has 0 saturated heterocycles. The van der Waals surface area contributed by atoms with Crippen LogP contribution in [0.3, 0.4) is 0 Å². The first-order valence-corrected chi connectivity index (χ1v) is 6.71. The van der Waals surface area contributed by atoms with Gasteiger partial charge in [0.15, 0.2) is 5.78 Å². The molecule has 0 fully saturated rings. The number of Topliss-reactive ketones (excluding diaryl/α,β-unsaturated/α-hetero) is 1. The summed E-state index contributed by atoms with van der Waals surface area (Å²) in [5.41, 5.74) is 3.02. The Morgan fingerprint density at radius 3 is 2.65 bits per heavy atom. The van der Waals surface area contributed by atoms with Gasteiger partial charge in [-0.1, -0.05) is 12.1 Å². The molecule has 0 aliphatic carbocycles. The van der Waals surface area contributed by atoms with Crippen LogP contribution < -0.4 is 9.80 Å². The molecule has 102 valence electrons. The van der Waals surface area contributed by atoms with Crippen molar-refractivity contribution in [3.05, 3.63) is 48.2 Å². The van der Waals surface area contributed by atoms with Crippen molar-refractivity contribution in [2.24, 2.45) is 0 Å². The van der Waals surface area contributed by atoms with Gasteiger partial charge >= 0.3 is 0 Å². The van der Waals surface area contributed by atoms with Crippen molar-refractivity contribution >= 4 is 23.0 Å². The van der Waals surface area contributed by atoms with Crippen molar-refractivity contribution in [3.8, 4) is 0 Å². The second-order valence-electron chi connectivity index (χ2n) is 5.02. The van der Waals surface area contributed by atoms with Crippen LogP contribution in [0.25, 0.3) is 0 Å². The SMILES string of the molecule is CC(=O)c1ccnc(N2CCN(C)c3ccccc32)c1. The van der Waals surface area contributed by atoms with Crippen molar-refractivity contribution in [1.82, 2.24) is 4.98 Å². The molecule has 0 saturated carbocycles. The number of anilines is 3. The summed E-state index contributed by atoms with van der Waals surface area (Å²) in [6.07, 6.45) is 1.70. The molecule has 1 aromatic heterocycles. The van der Waals surface area contributed by atoms with E-state index in [1.165, 1.54) is 5.69 Å². The summed E-state index contributed by atoms with van der Waals surface area (Å²) in [4.78, 5) is 20.4. The molecule has 1 aliphatic rings. The van der Waals surface area contributed by atoms with Crippen LogP contribution in [0, 0.1) is 0 Å². The van der Waals surface area contributed by atoms with Crippen LogP contribution in [0.1, 0.15) is 17.3 Å². The number of aromatic nitrogens is 1. The molecule has 2 heterocycles. The van der Waals surface area contributed by atoms with Gasteiger partial charge in [0, 0.05) is 31.9 Å². The van der Waals surface area contributed by atoms with Gasteiger partial charge in [-0.25, -0.2) is 4.98 Å². The Morgan fingerprint density at radius 2 is 1.90 bits per heavy atom. The van der Waals surface area contributed by atoms with Gasteiger partial charge in [-0.15, -0.1) is 0 Å². The highest BCUT2D eigenvalue weighted by atomic mass is 16.1. The standard InChI is InChI=1S/C16H17N3O/c1-12(20)13-7-8-17-16(11-13)19-10-9-18(2)14-5-3-4-6-15(14)19/h3-8,11H,9-10H2,1-2H3. The normalized spacial score (nSPS) is 14.1. The quantitative estimate of drug-likeness (QED) is 0.784. The third-order valence-corrected chi connectivity index (χ3v) is 3.67. The number of carbonyl (C=O) groups excluding carboxylic acids is 1. The molecule has 0 bridgehead atoms. The highest BCUT2D eigenvalue weighted by Crippen LogP contribution is 2.35. The zero-order valence-corrected chi connectivity index (χ0v) is 11.7. The number of carbonyl (C=O) groups is 1. The fourth-order valence-corrected chi connectivity index (χ4v) is 2.53. The molecule has 0 amide bonds. The maximum Gasteiger partial charge on any atom is 0.159 e. The van der Waals surface area contributed by atoms with Gasteiger partial charge in [0.1, 0.15) is 5.82 Å². The van der Waals surface area contributed by atoms with Crippen molar-refractivity contribution in [3.63, 3.8) is 0 Å². The molecule has 20 heavy (non-hydrogen) atoms. The van der Waals surface area contributed by atoms with Crippen molar-refractivity contribution in [2.45, 2.75) is 6.92 Å². The molecule has 1 aromatic carbocycles. The van der Waals surface area contributed by atoms with Crippen molar-refractivity contribution in [2.75, 3.05) is 29.9 Å². The van der Waals surface area contributed by atoms with Crippen LogP contribution in [0.2, 0.25) is 0 Å². The van der Waals surface area contributed by atoms with E-state index >= 15 is 0 Å². The van der Waals surface area contributed by atoms with Gasteiger partial charge in [-0.3, -0.25) is 4.79 Å². The Morgan fingerprint density at radius 1 is 1.15 bits per heavy atom. The Hall–Kier alpha value is -2.36. The largest absolute Gasteiger partial charge is 0.371 e. The first-order chi connectivity index (χ1) is 9.66. The van der Waals surface area contributed by atoms with E-state index in [-0.39, 0.29) is 5.78 Å². The number of likely N-dealkylation sites (N-methyl/N-ethyl adjacent to an activating group) is 1. The van der Waals surface area contributed by atoms with Crippen LogP contribution in [0.4, 0.5) is 17.2 Å². The predicted octanol–water partition coefficient (Wildman–Crippen LogP) is 2.87. The Bertz CT molecular complexity index is 654. The van der Waals surface area contributed by atoms with E-state index in [1.54, 1.807) is 19.2 Å². The molecule has 0 N–H and O–H groups in total. The molecule has 0 spiro atoms. The summed E-state index contributed by atoms with van der Waals surface area (Å²) < 4.78 is 0. The van der Waals surface area contributed by atoms with Crippen LogP contribution >= 0.6 is 0 Å². The van der Waals surface area contributed by atoms with E-state index in [0.29, 0.717) is 5.56 Å². The number of hydrogen-bond acceptors (Lipinski definition) is 4. The zero-order valence-electron chi connectivity index (χ0n) is 11.7. The average Bonchev–Trinajstić information content (AvgIpc) is 2.48. The molecule has 4 nitrogen and oxygen atoms in total. The summed E-state index contributed by atoms with van der Waals surface area (Å²) in [5.74, 6) is 0.898. The smallest absolute Gasteiger partial charge is 0.159 e. The predicted molar refractivity (Wildman–Crippen MR) is 81.0 cm³/mol. The Kier molecular flexibility index (Phi) is 3.14. The van der Waals surface area contributed by atoms with E-state index in [0.717, 1.165) is 24.6 Å². The van der Waals surface area contributed by atoms with Crippen molar-refractivity contribution < 1.29 is 4.79 Å². The molecule has 3 rings (SSSR count).